The number of aromatic nitrogens is 2. The van der Waals surface area contributed by atoms with Gasteiger partial charge in [0.2, 0.25) is 0 Å². The van der Waals surface area contributed by atoms with Crippen LogP contribution < -0.4 is 15.4 Å². The smallest absolute Gasteiger partial charge is 0.323 e. The predicted octanol–water partition coefficient (Wildman–Crippen LogP) is 1.53. The number of benzene rings is 1. The Kier molecular flexibility index (Phi) is 4.56. The molecule has 0 aliphatic rings. The molecule has 7 heteroatoms. The Morgan fingerprint density at radius 3 is 2.95 bits per heavy atom. The summed E-state index contributed by atoms with van der Waals surface area (Å²) >= 11 is 0. The second-order valence-electron chi connectivity index (χ2n) is 4.00. The van der Waals surface area contributed by atoms with Crippen LogP contribution in [0.1, 0.15) is 0 Å². The first-order chi connectivity index (χ1) is 9.72. The van der Waals surface area contributed by atoms with Crippen LogP contribution in [0.2, 0.25) is 0 Å². The number of hydrogen-bond donors (Lipinski definition) is 3. The van der Waals surface area contributed by atoms with Gasteiger partial charge >= 0.3 is 6.03 Å². The first kappa shape index (κ1) is 13.9. The van der Waals surface area contributed by atoms with E-state index >= 15 is 0 Å². The molecule has 0 unspecified atom stereocenters. The number of carbonyl (C=O) groups excluding carboxylic acids is 1. The number of carbonyl (C=O) groups is 1. The highest BCUT2D eigenvalue weighted by Gasteiger charge is 2.07. The molecule has 0 spiro atoms. The van der Waals surface area contributed by atoms with Gasteiger partial charge in [-0.1, -0.05) is 12.1 Å². The van der Waals surface area contributed by atoms with Gasteiger partial charge in [-0.3, -0.25) is 4.68 Å². The summed E-state index contributed by atoms with van der Waals surface area (Å²) < 4.78 is 6.69. The molecule has 20 heavy (non-hydrogen) atoms. The lowest BCUT2D eigenvalue weighted by molar-refractivity contribution is 0.262. The topological polar surface area (TPSA) is 88.4 Å². The molecule has 1 aromatic heterocycles. The van der Waals surface area contributed by atoms with E-state index in [4.69, 9.17) is 9.84 Å². The SMILES string of the molecule is COc1ccccc1NC(=O)Nc1cnn(CCO)c1. The average Bonchev–Trinajstić information content (AvgIpc) is 2.87. The standard InChI is InChI=1S/C13H16N4O3/c1-20-12-5-3-2-4-11(12)16-13(19)15-10-8-14-17(9-10)6-7-18/h2-5,8-9,18H,6-7H2,1H3,(H2,15,16,19). The summed E-state index contributed by atoms with van der Waals surface area (Å²) in [4.78, 5) is 11.9. The van der Waals surface area contributed by atoms with Gasteiger partial charge < -0.3 is 20.5 Å². The number of aliphatic hydroxyl groups is 1. The molecule has 106 valence electrons. The molecule has 0 bridgehead atoms. The largest absolute Gasteiger partial charge is 0.495 e. The van der Waals surface area contributed by atoms with Crippen LogP contribution >= 0.6 is 0 Å². The molecule has 1 heterocycles. The van der Waals surface area contributed by atoms with Crippen molar-refractivity contribution in [2.24, 2.45) is 0 Å². The molecule has 0 aliphatic carbocycles. The Morgan fingerprint density at radius 2 is 2.20 bits per heavy atom. The van der Waals surface area contributed by atoms with E-state index in [1.54, 1.807) is 29.1 Å². The summed E-state index contributed by atoms with van der Waals surface area (Å²) in [6.45, 7) is 0.379. The number of nitrogens with zero attached hydrogens (tertiary/aromatic N) is 2. The molecule has 0 atom stereocenters. The number of urea groups is 1. The van der Waals surface area contributed by atoms with Gasteiger partial charge in [-0.05, 0) is 12.1 Å². The molecule has 3 N–H and O–H groups in total. The molecule has 1 aromatic carbocycles. The van der Waals surface area contributed by atoms with E-state index in [1.165, 1.54) is 13.3 Å². The van der Waals surface area contributed by atoms with Gasteiger partial charge in [0, 0.05) is 6.20 Å². The Bertz CT molecular complexity index is 583. The Hall–Kier alpha value is -2.54. The maximum Gasteiger partial charge on any atom is 0.323 e. The summed E-state index contributed by atoms with van der Waals surface area (Å²) in [5.41, 5.74) is 1.13. The van der Waals surface area contributed by atoms with E-state index in [0.29, 0.717) is 23.7 Å². The zero-order valence-corrected chi connectivity index (χ0v) is 11.0. The Morgan fingerprint density at radius 1 is 1.40 bits per heavy atom. The molecule has 2 aromatic rings. The molecule has 7 nitrogen and oxygen atoms in total. The van der Waals surface area contributed by atoms with Crippen molar-refractivity contribution in [1.82, 2.24) is 9.78 Å². The van der Waals surface area contributed by atoms with Crippen LogP contribution in [0.5, 0.6) is 5.75 Å². The van der Waals surface area contributed by atoms with Crippen LogP contribution in [0.4, 0.5) is 16.2 Å². The molecule has 2 rings (SSSR count). The molecule has 0 saturated carbocycles. The summed E-state index contributed by atoms with van der Waals surface area (Å²) in [6, 6.07) is 6.74. The molecular formula is C13H16N4O3. The van der Waals surface area contributed by atoms with E-state index in [-0.39, 0.29) is 6.61 Å². The lowest BCUT2D eigenvalue weighted by Gasteiger charge is -2.09. The number of ether oxygens (including phenoxy) is 1. The molecule has 0 fully saturated rings. The number of anilines is 2. The summed E-state index contributed by atoms with van der Waals surface area (Å²) in [5.74, 6) is 0.582. The van der Waals surface area contributed by atoms with Gasteiger partial charge in [0.15, 0.2) is 0 Å². The third-order valence-electron chi connectivity index (χ3n) is 2.58. The van der Waals surface area contributed by atoms with Gasteiger partial charge in [-0.2, -0.15) is 5.10 Å². The maximum absolute atomic E-state index is 11.9. The Balaban J connectivity index is 1.97. The van der Waals surface area contributed by atoms with E-state index in [0.717, 1.165) is 0 Å². The normalized spacial score (nSPS) is 10.1. The van der Waals surface area contributed by atoms with Crippen LogP contribution in [-0.4, -0.2) is 34.6 Å². The van der Waals surface area contributed by atoms with Crippen LogP contribution in [0.25, 0.3) is 0 Å². The first-order valence-electron chi connectivity index (χ1n) is 6.07. The number of aliphatic hydroxyl groups excluding tert-OH is 1. The molecule has 0 radical (unpaired) electrons. The highest BCUT2D eigenvalue weighted by molar-refractivity contribution is 6.00. The number of para-hydroxylation sites is 2. The lowest BCUT2D eigenvalue weighted by atomic mass is 10.3. The van der Waals surface area contributed by atoms with Crippen molar-refractivity contribution in [2.75, 3.05) is 24.4 Å². The van der Waals surface area contributed by atoms with Gasteiger partial charge in [-0.25, -0.2) is 4.79 Å². The quantitative estimate of drug-likeness (QED) is 0.772. The zero-order valence-electron chi connectivity index (χ0n) is 11.0. The molecule has 0 saturated heterocycles. The maximum atomic E-state index is 11.9. The van der Waals surface area contributed by atoms with E-state index in [2.05, 4.69) is 15.7 Å². The van der Waals surface area contributed by atoms with E-state index in [1.807, 2.05) is 6.07 Å². The second-order valence-corrected chi connectivity index (χ2v) is 4.00. The monoisotopic (exact) mass is 276 g/mol. The highest BCUT2D eigenvalue weighted by Crippen LogP contribution is 2.23. The Labute approximate surface area is 116 Å². The molecule has 2 amide bonds. The van der Waals surface area contributed by atoms with Gasteiger partial charge in [0.25, 0.3) is 0 Å². The minimum atomic E-state index is -0.391. The molecular weight excluding hydrogens is 260 g/mol. The van der Waals surface area contributed by atoms with Crippen molar-refractivity contribution in [3.05, 3.63) is 36.7 Å². The van der Waals surface area contributed by atoms with E-state index in [9.17, 15) is 4.79 Å². The number of hydrogen-bond acceptors (Lipinski definition) is 4. The van der Waals surface area contributed by atoms with Gasteiger partial charge in [0.1, 0.15) is 5.75 Å². The average molecular weight is 276 g/mol. The third-order valence-corrected chi connectivity index (χ3v) is 2.58. The van der Waals surface area contributed by atoms with Crippen molar-refractivity contribution in [1.29, 1.82) is 0 Å². The predicted molar refractivity (Wildman–Crippen MR) is 74.9 cm³/mol. The van der Waals surface area contributed by atoms with Crippen LogP contribution in [-0.2, 0) is 6.54 Å². The fourth-order valence-electron chi connectivity index (χ4n) is 1.69. The number of rotatable bonds is 5. The summed E-state index contributed by atoms with van der Waals surface area (Å²) in [6.07, 6.45) is 3.15. The fraction of sp³-hybridized carbons (Fsp3) is 0.231. The van der Waals surface area contributed by atoms with Crippen molar-refractivity contribution in [3.63, 3.8) is 0 Å². The third kappa shape index (κ3) is 3.48. The fourth-order valence-corrected chi connectivity index (χ4v) is 1.69. The minimum Gasteiger partial charge on any atom is -0.495 e. The van der Waals surface area contributed by atoms with Crippen LogP contribution in [0.15, 0.2) is 36.7 Å². The van der Waals surface area contributed by atoms with Crippen LogP contribution in [0.3, 0.4) is 0 Å². The summed E-state index contributed by atoms with van der Waals surface area (Å²) in [7, 11) is 1.54. The second kappa shape index (κ2) is 6.58. The number of methoxy groups -OCH3 is 1. The van der Waals surface area contributed by atoms with Crippen molar-refractivity contribution in [3.8, 4) is 5.75 Å². The van der Waals surface area contributed by atoms with Crippen molar-refractivity contribution >= 4 is 17.4 Å². The van der Waals surface area contributed by atoms with E-state index < -0.39 is 6.03 Å². The first-order valence-corrected chi connectivity index (χ1v) is 6.07. The van der Waals surface area contributed by atoms with Crippen molar-refractivity contribution < 1.29 is 14.6 Å². The molecule has 0 aliphatic heterocycles. The van der Waals surface area contributed by atoms with Crippen LogP contribution in [0, 0.1) is 0 Å². The number of nitrogens with one attached hydrogen (secondary N) is 2. The lowest BCUT2D eigenvalue weighted by Crippen LogP contribution is -2.19. The zero-order chi connectivity index (χ0) is 14.4. The van der Waals surface area contributed by atoms with Gasteiger partial charge in [-0.15, -0.1) is 0 Å². The number of amides is 2. The van der Waals surface area contributed by atoms with Crippen molar-refractivity contribution in [2.45, 2.75) is 6.54 Å². The minimum absolute atomic E-state index is 0.00543. The highest BCUT2D eigenvalue weighted by atomic mass is 16.5. The summed E-state index contributed by atoms with van der Waals surface area (Å²) in [5, 5.41) is 18.1. The van der Waals surface area contributed by atoms with Gasteiger partial charge in [0.05, 0.1) is 37.8 Å².